The van der Waals surface area contributed by atoms with Crippen LogP contribution in [0.3, 0.4) is 0 Å². The average Bonchev–Trinajstić information content (AvgIpc) is 3.35. The van der Waals surface area contributed by atoms with Gasteiger partial charge in [0, 0.05) is 12.8 Å². The van der Waals surface area contributed by atoms with E-state index in [1.54, 1.807) is 0 Å². The van der Waals surface area contributed by atoms with E-state index >= 15 is 0 Å². The number of carbonyl (C=O) groups excluding carboxylic acids is 2. The molecule has 0 saturated carbocycles. The van der Waals surface area contributed by atoms with E-state index in [9.17, 15) is 19.8 Å². The van der Waals surface area contributed by atoms with Crippen LogP contribution in [-0.4, -0.2) is 47.4 Å². The number of ether oxygens (including phenoxy) is 1. The smallest absolute Gasteiger partial charge is 0.305 e. The fourth-order valence-electron chi connectivity index (χ4n) is 9.75. The molecule has 0 aromatic carbocycles. The molecule has 1 amide bonds. The Hall–Kier alpha value is -1.66. The minimum absolute atomic E-state index is 0.0174. The highest BCUT2D eigenvalue weighted by atomic mass is 16.5. The van der Waals surface area contributed by atoms with Crippen LogP contribution in [0.2, 0.25) is 0 Å². The molecule has 0 rings (SSSR count). The zero-order valence-electron chi connectivity index (χ0n) is 46.6. The SMILES string of the molecule is CCCCCCCCCCCCCCCCCCCCCCCC(O)C(CO)NC(=O)CCCCCCCC/C=C\C=C/CCCCCOC(=O)CCCCCCCCCCCCCCCCCC. The third-order valence-electron chi connectivity index (χ3n) is 14.5. The quantitative estimate of drug-likeness (QED) is 0.0321. The van der Waals surface area contributed by atoms with Crippen molar-refractivity contribution in [1.29, 1.82) is 0 Å². The Morgan fingerprint density at radius 1 is 0.406 bits per heavy atom. The Morgan fingerprint density at radius 3 is 1.07 bits per heavy atom. The van der Waals surface area contributed by atoms with E-state index in [2.05, 4.69) is 43.5 Å². The Morgan fingerprint density at radius 2 is 0.710 bits per heavy atom. The van der Waals surface area contributed by atoms with Crippen molar-refractivity contribution in [3.63, 3.8) is 0 Å². The molecule has 0 aliphatic heterocycles. The molecule has 0 saturated heterocycles. The van der Waals surface area contributed by atoms with E-state index in [1.165, 1.54) is 231 Å². The zero-order chi connectivity index (χ0) is 50.0. The van der Waals surface area contributed by atoms with E-state index in [1.807, 2.05) is 0 Å². The van der Waals surface area contributed by atoms with Crippen molar-refractivity contribution in [3.8, 4) is 0 Å². The van der Waals surface area contributed by atoms with E-state index in [-0.39, 0.29) is 18.5 Å². The number of amides is 1. The van der Waals surface area contributed by atoms with Crippen LogP contribution in [0.1, 0.15) is 341 Å². The van der Waals surface area contributed by atoms with E-state index < -0.39 is 12.1 Å². The number of unbranched alkanes of at least 4 members (excludes halogenated alkanes) is 44. The topological polar surface area (TPSA) is 95.9 Å². The molecule has 0 aromatic heterocycles. The molecule has 6 heteroatoms. The monoisotopic (exact) mass is 972 g/mol. The predicted octanol–water partition coefficient (Wildman–Crippen LogP) is 19.4. The van der Waals surface area contributed by atoms with Crippen LogP contribution in [0.25, 0.3) is 0 Å². The lowest BCUT2D eigenvalue weighted by atomic mass is 10.0. The highest BCUT2D eigenvalue weighted by molar-refractivity contribution is 5.76. The maximum Gasteiger partial charge on any atom is 0.305 e. The number of aliphatic hydroxyl groups excluding tert-OH is 2. The van der Waals surface area contributed by atoms with Crippen LogP contribution < -0.4 is 5.32 Å². The predicted molar refractivity (Wildman–Crippen MR) is 301 cm³/mol. The Bertz CT molecular complexity index is 1080. The van der Waals surface area contributed by atoms with Crippen molar-refractivity contribution < 1.29 is 24.5 Å². The molecule has 0 heterocycles. The van der Waals surface area contributed by atoms with Gasteiger partial charge in [-0.15, -0.1) is 0 Å². The van der Waals surface area contributed by atoms with Gasteiger partial charge in [0.25, 0.3) is 0 Å². The summed E-state index contributed by atoms with van der Waals surface area (Å²) in [7, 11) is 0. The second-order valence-electron chi connectivity index (χ2n) is 21.4. The Balaban J connectivity index is 3.49. The number of nitrogens with one attached hydrogen (secondary N) is 1. The fraction of sp³-hybridized carbons (Fsp3) is 0.905. The van der Waals surface area contributed by atoms with Crippen molar-refractivity contribution in [3.05, 3.63) is 24.3 Å². The first-order valence-corrected chi connectivity index (χ1v) is 31.1. The maximum absolute atomic E-state index is 12.5. The lowest BCUT2D eigenvalue weighted by molar-refractivity contribution is -0.143. The first-order chi connectivity index (χ1) is 34.0. The summed E-state index contributed by atoms with van der Waals surface area (Å²) in [6, 6.07) is -0.559. The molecule has 2 atom stereocenters. The fourth-order valence-corrected chi connectivity index (χ4v) is 9.75. The molecule has 0 radical (unpaired) electrons. The number of hydrogen-bond acceptors (Lipinski definition) is 5. The minimum Gasteiger partial charge on any atom is -0.466 e. The Kier molecular flexibility index (Phi) is 57.5. The van der Waals surface area contributed by atoms with Crippen LogP contribution in [0.5, 0.6) is 0 Å². The highest BCUT2D eigenvalue weighted by Gasteiger charge is 2.20. The Labute approximate surface area is 431 Å². The molecule has 0 aliphatic carbocycles. The van der Waals surface area contributed by atoms with Gasteiger partial charge in [0.2, 0.25) is 5.91 Å². The summed E-state index contributed by atoms with van der Waals surface area (Å²) < 4.78 is 5.46. The van der Waals surface area contributed by atoms with Gasteiger partial charge in [-0.05, 0) is 57.8 Å². The number of carbonyl (C=O) groups is 2. The molecule has 3 N–H and O–H groups in total. The van der Waals surface area contributed by atoms with Crippen molar-refractivity contribution in [1.82, 2.24) is 5.32 Å². The van der Waals surface area contributed by atoms with Crippen LogP contribution in [0.15, 0.2) is 24.3 Å². The number of rotatable bonds is 58. The van der Waals surface area contributed by atoms with Crippen LogP contribution in [0.4, 0.5) is 0 Å². The van der Waals surface area contributed by atoms with E-state index in [0.717, 1.165) is 77.0 Å². The minimum atomic E-state index is -0.679. The molecule has 0 fully saturated rings. The standard InChI is InChI=1S/C63H121NO5/c1-3-5-7-9-11-13-15-17-19-21-22-23-24-25-27-31-35-39-43-47-51-55-61(66)60(59-65)64-62(67)56-52-48-44-40-36-32-28-26-30-34-38-42-46-50-54-58-69-63(68)57-53-49-45-41-37-33-29-20-18-16-14-12-10-8-6-4-2/h26,30,34,38,60-61,65-66H,3-25,27-29,31-33,35-37,39-59H2,1-2H3,(H,64,67)/b30-26-,38-34-. The number of aliphatic hydroxyl groups is 2. The van der Waals surface area contributed by atoms with Gasteiger partial charge in [0.1, 0.15) is 0 Å². The van der Waals surface area contributed by atoms with Gasteiger partial charge in [-0.25, -0.2) is 0 Å². The van der Waals surface area contributed by atoms with Gasteiger partial charge in [-0.3, -0.25) is 9.59 Å². The third kappa shape index (κ3) is 55.5. The van der Waals surface area contributed by atoms with Crippen molar-refractivity contribution in [2.75, 3.05) is 13.2 Å². The van der Waals surface area contributed by atoms with E-state index in [0.29, 0.717) is 25.9 Å². The summed E-state index contributed by atoms with van der Waals surface area (Å²) in [6.45, 7) is 4.93. The largest absolute Gasteiger partial charge is 0.466 e. The molecule has 408 valence electrons. The van der Waals surface area contributed by atoms with Gasteiger partial charge >= 0.3 is 5.97 Å². The van der Waals surface area contributed by atoms with Crippen LogP contribution in [-0.2, 0) is 14.3 Å². The van der Waals surface area contributed by atoms with Crippen molar-refractivity contribution in [2.24, 2.45) is 0 Å². The summed E-state index contributed by atoms with van der Waals surface area (Å²) in [5, 5.41) is 23.3. The van der Waals surface area contributed by atoms with Crippen molar-refractivity contribution >= 4 is 11.9 Å². The van der Waals surface area contributed by atoms with Crippen LogP contribution in [0, 0.1) is 0 Å². The lowest BCUT2D eigenvalue weighted by Crippen LogP contribution is -2.45. The number of esters is 1. The molecule has 0 aliphatic rings. The molecular weight excluding hydrogens is 851 g/mol. The van der Waals surface area contributed by atoms with Crippen molar-refractivity contribution in [2.45, 2.75) is 353 Å². The average molecular weight is 973 g/mol. The van der Waals surface area contributed by atoms with Gasteiger partial charge in [0.05, 0.1) is 25.4 Å². The van der Waals surface area contributed by atoms with Gasteiger partial charge < -0.3 is 20.3 Å². The second kappa shape index (κ2) is 58.9. The molecule has 0 aromatic rings. The van der Waals surface area contributed by atoms with Gasteiger partial charge in [-0.1, -0.05) is 295 Å². The van der Waals surface area contributed by atoms with Gasteiger partial charge in [0.15, 0.2) is 0 Å². The summed E-state index contributed by atoms with van der Waals surface area (Å²) in [5.41, 5.74) is 0. The molecule has 0 bridgehead atoms. The molecule has 2 unspecified atom stereocenters. The number of allylic oxidation sites excluding steroid dienone is 4. The summed E-state index contributed by atoms with van der Waals surface area (Å²) in [6.07, 6.45) is 71.8. The maximum atomic E-state index is 12.5. The first-order valence-electron chi connectivity index (χ1n) is 31.1. The first kappa shape index (κ1) is 67.3. The zero-order valence-corrected chi connectivity index (χ0v) is 46.6. The molecule has 6 nitrogen and oxygen atoms in total. The molecule has 0 spiro atoms. The summed E-state index contributed by atoms with van der Waals surface area (Å²) in [5.74, 6) is -0.0714. The van der Waals surface area contributed by atoms with Crippen LogP contribution >= 0.6 is 0 Å². The normalized spacial score (nSPS) is 12.7. The lowest BCUT2D eigenvalue weighted by Gasteiger charge is -2.22. The highest BCUT2D eigenvalue weighted by Crippen LogP contribution is 2.18. The summed E-state index contributed by atoms with van der Waals surface area (Å²) >= 11 is 0. The molecular formula is C63H121NO5. The second-order valence-corrected chi connectivity index (χ2v) is 21.4. The molecule has 69 heavy (non-hydrogen) atoms. The number of hydrogen-bond donors (Lipinski definition) is 3. The summed E-state index contributed by atoms with van der Waals surface area (Å²) in [4.78, 5) is 24.6. The van der Waals surface area contributed by atoms with Gasteiger partial charge in [-0.2, -0.15) is 0 Å². The van der Waals surface area contributed by atoms with E-state index in [4.69, 9.17) is 4.74 Å². The third-order valence-corrected chi connectivity index (χ3v) is 14.5.